The van der Waals surface area contributed by atoms with Crippen LogP contribution in [0.25, 0.3) is 0 Å². The fourth-order valence-corrected chi connectivity index (χ4v) is 4.23. The van der Waals surface area contributed by atoms with Crippen LogP contribution in [0.15, 0.2) is 0 Å². The Labute approximate surface area is 91.1 Å². The van der Waals surface area contributed by atoms with E-state index in [0.29, 0.717) is 0 Å². The van der Waals surface area contributed by atoms with Crippen molar-refractivity contribution in [1.29, 1.82) is 0 Å². The molecule has 0 aliphatic heterocycles. The molecule has 0 amide bonds. The van der Waals surface area contributed by atoms with Gasteiger partial charge in [0, 0.05) is 0 Å². The number of rotatable bonds is 1. The van der Waals surface area contributed by atoms with E-state index in [9.17, 15) is 4.79 Å². The monoisotopic (exact) mass is 208 g/mol. The lowest BCUT2D eigenvalue weighted by molar-refractivity contribution is -0.139. The van der Waals surface area contributed by atoms with E-state index in [4.69, 9.17) is 5.11 Å². The van der Waals surface area contributed by atoms with Crippen LogP contribution >= 0.6 is 0 Å². The zero-order valence-corrected chi connectivity index (χ0v) is 9.24. The summed E-state index contributed by atoms with van der Waals surface area (Å²) in [5.74, 6) is 1.29. The Balaban J connectivity index is 1.69. The van der Waals surface area contributed by atoms with Gasteiger partial charge in [0.25, 0.3) is 0 Å². The van der Waals surface area contributed by atoms with E-state index in [1.54, 1.807) is 0 Å². The van der Waals surface area contributed by atoms with Gasteiger partial charge < -0.3 is 5.11 Å². The molecule has 0 bridgehead atoms. The molecule has 3 aliphatic rings. The van der Waals surface area contributed by atoms with E-state index < -0.39 is 5.97 Å². The first-order valence-corrected chi connectivity index (χ1v) is 6.44. The lowest BCUT2D eigenvalue weighted by atomic mass is 9.65. The van der Waals surface area contributed by atoms with E-state index in [0.717, 1.165) is 18.3 Å². The molecule has 3 fully saturated rings. The molecule has 84 valence electrons. The number of hydrogen-bond acceptors (Lipinski definition) is 1. The van der Waals surface area contributed by atoms with Crippen molar-refractivity contribution in [3.05, 3.63) is 0 Å². The first-order valence-electron chi connectivity index (χ1n) is 6.44. The number of carboxylic acids is 1. The van der Waals surface area contributed by atoms with Crippen molar-refractivity contribution >= 4 is 5.97 Å². The number of aliphatic carboxylic acids is 1. The molecule has 0 aromatic carbocycles. The summed E-state index contributed by atoms with van der Waals surface area (Å²) < 4.78 is 0. The van der Waals surface area contributed by atoms with Crippen molar-refractivity contribution in [1.82, 2.24) is 0 Å². The fraction of sp³-hybridized carbons (Fsp3) is 0.923. The minimum absolute atomic E-state index is 0.0142. The third kappa shape index (κ3) is 1.49. The zero-order valence-electron chi connectivity index (χ0n) is 9.24. The highest BCUT2D eigenvalue weighted by molar-refractivity contribution is 5.74. The zero-order chi connectivity index (χ0) is 10.5. The molecule has 2 heteroatoms. The molecule has 3 saturated carbocycles. The maximum Gasteiger partial charge on any atom is 0.307 e. The molecule has 4 atom stereocenters. The molecule has 0 saturated heterocycles. The highest BCUT2D eigenvalue weighted by atomic mass is 16.4. The Hall–Kier alpha value is -0.530. The summed E-state index contributed by atoms with van der Waals surface area (Å²) in [4.78, 5) is 11.0. The Bertz CT molecular complexity index is 286. The van der Waals surface area contributed by atoms with Gasteiger partial charge in [0.2, 0.25) is 0 Å². The SMILES string of the molecule is O=C(O)C1CC12CCC1CCCCC1C2. The van der Waals surface area contributed by atoms with Crippen LogP contribution in [0.4, 0.5) is 0 Å². The Morgan fingerprint density at radius 3 is 2.47 bits per heavy atom. The summed E-state index contributed by atoms with van der Waals surface area (Å²) in [5.41, 5.74) is 0.254. The summed E-state index contributed by atoms with van der Waals surface area (Å²) in [6, 6.07) is 0. The van der Waals surface area contributed by atoms with Crippen LogP contribution in [-0.4, -0.2) is 11.1 Å². The van der Waals surface area contributed by atoms with Gasteiger partial charge in [-0.1, -0.05) is 25.7 Å². The number of carboxylic acid groups (broad SMARTS) is 1. The average molecular weight is 208 g/mol. The molecular weight excluding hydrogens is 188 g/mol. The summed E-state index contributed by atoms with van der Waals surface area (Å²) in [5, 5.41) is 9.07. The van der Waals surface area contributed by atoms with Crippen LogP contribution in [0.5, 0.6) is 0 Å². The molecule has 0 aromatic heterocycles. The molecule has 3 rings (SSSR count). The molecule has 1 N–H and O–H groups in total. The smallest absolute Gasteiger partial charge is 0.307 e. The fourth-order valence-electron chi connectivity index (χ4n) is 4.23. The topological polar surface area (TPSA) is 37.3 Å². The lowest BCUT2D eigenvalue weighted by Gasteiger charge is -2.40. The van der Waals surface area contributed by atoms with Gasteiger partial charge in [0.15, 0.2) is 0 Å². The van der Waals surface area contributed by atoms with Gasteiger partial charge in [0.05, 0.1) is 5.92 Å². The van der Waals surface area contributed by atoms with Crippen LogP contribution in [0.2, 0.25) is 0 Å². The van der Waals surface area contributed by atoms with Gasteiger partial charge in [-0.05, 0) is 42.9 Å². The van der Waals surface area contributed by atoms with Crippen LogP contribution in [-0.2, 0) is 4.79 Å². The van der Waals surface area contributed by atoms with E-state index >= 15 is 0 Å². The van der Waals surface area contributed by atoms with Gasteiger partial charge in [-0.15, -0.1) is 0 Å². The largest absolute Gasteiger partial charge is 0.481 e. The van der Waals surface area contributed by atoms with Crippen LogP contribution in [0.1, 0.15) is 51.4 Å². The van der Waals surface area contributed by atoms with Crippen molar-refractivity contribution in [2.45, 2.75) is 51.4 Å². The Kier molecular flexibility index (Phi) is 2.08. The van der Waals surface area contributed by atoms with E-state index in [2.05, 4.69) is 0 Å². The third-order valence-electron chi connectivity index (χ3n) is 5.24. The molecule has 15 heavy (non-hydrogen) atoms. The molecular formula is C13H20O2. The van der Waals surface area contributed by atoms with E-state index in [1.165, 1.54) is 44.9 Å². The van der Waals surface area contributed by atoms with Crippen molar-refractivity contribution in [3.8, 4) is 0 Å². The predicted octanol–water partition coefficient (Wildman–Crippen LogP) is 3.07. The first kappa shape index (κ1) is 9.68. The summed E-state index contributed by atoms with van der Waals surface area (Å²) in [6.07, 6.45) is 10.3. The van der Waals surface area contributed by atoms with Crippen molar-refractivity contribution < 1.29 is 9.90 Å². The number of fused-ring (bicyclic) bond motifs is 1. The normalized spacial score (nSPS) is 48.7. The van der Waals surface area contributed by atoms with Gasteiger partial charge >= 0.3 is 5.97 Å². The molecule has 0 aromatic rings. The number of hydrogen-bond donors (Lipinski definition) is 1. The molecule has 4 unspecified atom stereocenters. The maximum absolute atomic E-state index is 11.0. The molecule has 0 radical (unpaired) electrons. The first-order chi connectivity index (χ1) is 7.21. The van der Waals surface area contributed by atoms with Crippen molar-refractivity contribution in [3.63, 3.8) is 0 Å². The van der Waals surface area contributed by atoms with Gasteiger partial charge in [-0.25, -0.2) is 0 Å². The van der Waals surface area contributed by atoms with Crippen LogP contribution < -0.4 is 0 Å². The van der Waals surface area contributed by atoms with Crippen LogP contribution in [0.3, 0.4) is 0 Å². The summed E-state index contributed by atoms with van der Waals surface area (Å²) in [6.45, 7) is 0. The molecule has 3 aliphatic carbocycles. The average Bonchev–Trinajstić information content (AvgIpc) is 2.92. The summed E-state index contributed by atoms with van der Waals surface area (Å²) >= 11 is 0. The van der Waals surface area contributed by atoms with Crippen molar-refractivity contribution in [2.24, 2.45) is 23.2 Å². The Morgan fingerprint density at radius 1 is 1.07 bits per heavy atom. The predicted molar refractivity (Wildman–Crippen MR) is 57.5 cm³/mol. The van der Waals surface area contributed by atoms with E-state index in [1.807, 2.05) is 0 Å². The second-order valence-electron chi connectivity index (χ2n) is 6.00. The standard InChI is InChI=1S/C13H20O2/c14-12(15)11-8-13(11)6-5-9-3-1-2-4-10(9)7-13/h9-11H,1-8H2,(H,14,15). The minimum atomic E-state index is -0.538. The van der Waals surface area contributed by atoms with E-state index in [-0.39, 0.29) is 11.3 Å². The summed E-state index contributed by atoms with van der Waals surface area (Å²) in [7, 11) is 0. The quantitative estimate of drug-likeness (QED) is 0.719. The maximum atomic E-state index is 11.0. The molecule has 2 nitrogen and oxygen atoms in total. The molecule has 1 spiro atoms. The van der Waals surface area contributed by atoms with Crippen molar-refractivity contribution in [2.75, 3.05) is 0 Å². The molecule has 0 heterocycles. The highest BCUT2D eigenvalue weighted by Gasteiger charge is 2.60. The number of carbonyl (C=O) groups is 1. The van der Waals surface area contributed by atoms with Gasteiger partial charge in [-0.3, -0.25) is 4.79 Å². The second-order valence-corrected chi connectivity index (χ2v) is 6.00. The third-order valence-corrected chi connectivity index (χ3v) is 5.24. The Morgan fingerprint density at radius 2 is 1.80 bits per heavy atom. The van der Waals surface area contributed by atoms with Gasteiger partial charge in [0.1, 0.15) is 0 Å². The highest BCUT2D eigenvalue weighted by Crippen LogP contribution is 2.64. The second kappa shape index (κ2) is 3.23. The van der Waals surface area contributed by atoms with Crippen LogP contribution in [0, 0.1) is 23.2 Å². The lowest BCUT2D eigenvalue weighted by Crippen LogP contribution is -2.30. The van der Waals surface area contributed by atoms with Gasteiger partial charge in [-0.2, -0.15) is 0 Å². The minimum Gasteiger partial charge on any atom is -0.481 e.